The molecule has 0 bridgehead atoms. The summed E-state index contributed by atoms with van der Waals surface area (Å²) in [5.41, 5.74) is 3.09. The van der Waals surface area contributed by atoms with Gasteiger partial charge in [-0.15, -0.1) is 0 Å². The third-order valence-electron chi connectivity index (χ3n) is 2.59. The summed E-state index contributed by atoms with van der Waals surface area (Å²) in [5, 5.41) is 0.560. The third-order valence-corrected chi connectivity index (χ3v) is 3.19. The average molecular weight is 309 g/mol. The number of rotatable bonds is 3. The van der Waals surface area contributed by atoms with Gasteiger partial charge in [-0.05, 0) is 55.3 Å². The molecule has 0 heterocycles. The summed E-state index contributed by atoms with van der Waals surface area (Å²) in [5.74, 6) is 1.21. The van der Waals surface area contributed by atoms with Crippen LogP contribution in [0.4, 0.5) is 4.39 Å². The van der Waals surface area contributed by atoms with Gasteiger partial charge in [0.2, 0.25) is 0 Å². The SMILES string of the molecule is Cc1cc(C)cc(Oc2ccc(F)cc2CBr)c1. The molecule has 0 unspecified atom stereocenters. The second kappa shape index (κ2) is 5.53. The van der Waals surface area contributed by atoms with Crippen LogP contribution in [-0.2, 0) is 5.33 Å². The fourth-order valence-corrected chi connectivity index (χ4v) is 2.31. The van der Waals surface area contributed by atoms with E-state index in [0.29, 0.717) is 11.1 Å². The summed E-state index contributed by atoms with van der Waals surface area (Å²) in [4.78, 5) is 0. The molecule has 2 rings (SSSR count). The molecule has 18 heavy (non-hydrogen) atoms. The standard InChI is InChI=1S/C15H14BrFO/c1-10-5-11(2)7-14(6-10)18-15-4-3-13(17)8-12(15)9-16/h3-8H,9H2,1-2H3. The zero-order valence-electron chi connectivity index (χ0n) is 10.3. The van der Waals surface area contributed by atoms with Crippen LogP contribution >= 0.6 is 15.9 Å². The largest absolute Gasteiger partial charge is 0.457 e. The van der Waals surface area contributed by atoms with Crippen LogP contribution in [0.2, 0.25) is 0 Å². The Morgan fingerprint density at radius 2 is 1.72 bits per heavy atom. The Morgan fingerprint density at radius 1 is 1.06 bits per heavy atom. The highest BCUT2D eigenvalue weighted by Gasteiger charge is 2.06. The topological polar surface area (TPSA) is 9.23 Å². The van der Waals surface area contributed by atoms with Gasteiger partial charge in [0.1, 0.15) is 17.3 Å². The molecule has 0 atom stereocenters. The van der Waals surface area contributed by atoms with Crippen molar-refractivity contribution in [3.8, 4) is 11.5 Å². The summed E-state index contributed by atoms with van der Waals surface area (Å²) < 4.78 is 18.9. The minimum atomic E-state index is -0.253. The van der Waals surface area contributed by atoms with Gasteiger partial charge in [0.25, 0.3) is 0 Å². The van der Waals surface area contributed by atoms with Crippen LogP contribution in [0, 0.1) is 19.7 Å². The molecular weight excluding hydrogens is 295 g/mol. The molecule has 0 aliphatic heterocycles. The van der Waals surface area contributed by atoms with Gasteiger partial charge in [0, 0.05) is 10.9 Å². The lowest BCUT2D eigenvalue weighted by atomic mass is 10.1. The van der Waals surface area contributed by atoms with Gasteiger partial charge in [-0.2, -0.15) is 0 Å². The summed E-state index contributed by atoms with van der Waals surface area (Å²) in [6, 6.07) is 10.6. The highest BCUT2D eigenvalue weighted by atomic mass is 79.9. The average Bonchev–Trinajstić information content (AvgIpc) is 2.30. The van der Waals surface area contributed by atoms with Crippen molar-refractivity contribution in [1.29, 1.82) is 0 Å². The van der Waals surface area contributed by atoms with E-state index in [1.54, 1.807) is 6.07 Å². The molecule has 0 saturated carbocycles. The number of alkyl halides is 1. The summed E-state index contributed by atoms with van der Waals surface area (Å²) in [6.45, 7) is 4.05. The molecule has 0 aliphatic rings. The van der Waals surface area contributed by atoms with Gasteiger partial charge in [-0.1, -0.05) is 22.0 Å². The molecule has 94 valence electrons. The Morgan fingerprint density at radius 3 is 2.33 bits per heavy atom. The molecule has 2 aromatic carbocycles. The lowest BCUT2D eigenvalue weighted by Crippen LogP contribution is -1.92. The van der Waals surface area contributed by atoms with Gasteiger partial charge < -0.3 is 4.74 Å². The Kier molecular flexibility index (Phi) is 4.02. The normalized spacial score (nSPS) is 10.4. The molecule has 0 aliphatic carbocycles. The van der Waals surface area contributed by atoms with E-state index in [9.17, 15) is 4.39 Å². The van der Waals surface area contributed by atoms with E-state index in [0.717, 1.165) is 22.4 Å². The van der Waals surface area contributed by atoms with E-state index in [2.05, 4.69) is 22.0 Å². The van der Waals surface area contributed by atoms with Gasteiger partial charge in [-0.3, -0.25) is 0 Å². The number of benzene rings is 2. The molecule has 0 amide bonds. The number of halogens is 2. The predicted molar refractivity (Wildman–Crippen MR) is 75.0 cm³/mol. The van der Waals surface area contributed by atoms with Crippen molar-refractivity contribution in [2.75, 3.05) is 0 Å². The zero-order valence-corrected chi connectivity index (χ0v) is 11.9. The van der Waals surface area contributed by atoms with Crippen LogP contribution in [-0.4, -0.2) is 0 Å². The Hall–Kier alpha value is -1.35. The molecular formula is C15H14BrFO. The van der Waals surface area contributed by atoms with Crippen molar-refractivity contribution in [2.24, 2.45) is 0 Å². The Labute approximate surface area is 115 Å². The first-order chi connectivity index (χ1) is 8.58. The van der Waals surface area contributed by atoms with Crippen LogP contribution < -0.4 is 4.74 Å². The maximum absolute atomic E-state index is 13.1. The minimum absolute atomic E-state index is 0.253. The molecule has 0 aromatic heterocycles. The fraction of sp³-hybridized carbons (Fsp3) is 0.200. The van der Waals surface area contributed by atoms with E-state index in [1.807, 2.05) is 26.0 Å². The highest BCUT2D eigenvalue weighted by Crippen LogP contribution is 2.28. The van der Waals surface area contributed by atoms with E-state index in [4.69, 9.17) is 4.74 Å². The van der Waals surface area contributed by atoms with Crippen molar-refractivity contribution >= 4 is 15.9 Å². The highest BCUT2D eigenvalue weighted by molar-refractivity contribution is 9.08. The van der Waals surface area contributed by atoms with Gasteiger partial charge in [0.15, 0.2) is 0 Å². The van der Waals surface area contributed by atoms with Gasteiger partial charge in [-0.25, -0.2) is 4.39 Å². The molecule has 0 spiro atoms. The van der Waals surface area contributed by atoms with Crippen LogP contribution in [0.1, 0.15) is 16.7 Å². The summed E-state index contributed by atoms with van der Waals surface area (Å²) >= 11 is 3.34. The third kappa shape index (κ3) is 3.10. The maximum atomic E-state index is 13.1. The molecule has 2 aromatic rings. The summed E-state index contributed by atoms with van der Waals surface area (Å²) in [7, 11) is 0. The second-order valence-electron chi connectivity index (χ2n) is 4.31. The smallest absolute Gasteiger partial charge is 0.131 e. The maximum Gasteiger partial charge on any atom is 0.131 e. The lowest BCUT2D eigenvalue weighted by Gasteiger charge is -2.11. The van der Waals surface area contributed by atoms with E-state index in [1.165, 1.54) is 12.1 Å². The van der Waals surface area contributed by atoms with Crippen LogP contribution in [0.3, 0.4) is 0 Å². The van der Waals surface area contributed by atoms with Crippen LogP contribution in [0.5, 0.6) is 11.5 Å². The Bertz CT molecular complexity index is 546. The van der Waals surface area contributed by atoms with Crippen molar-refractivity contribution in [1.82, 2.24) is 0 Å². The van der Waals surface area contributed by atoms with E-state index < -0.39 is 0 Å². The molecule has 3 heteroatoms. The van der Waals surface area contributed by atoms with Crippen molar-refractivity contribution in [2.45, 2.75) is 19.2 Å². The Balaban J connectivity index is 2.33. The van der Waals surface area contributed by atoms with Crippen molar-refractivity contribution < 1.29 is 9.13 Å². The predicted octanol–water partition coefficient (Wildman–Crippen LogP) is 5.13. The lowest BCUT2D eigenvalue weighted by molar-refractivity contribution is 0.475. The molecule has 0 N–H and O–H groups in total. The zero-order chi connectivity index (χ0) is 13.1. The molecule has 0 radical (unpaired) electrons. The molecule has 1 nitrogen and oxygen atoms in total. The minimum Gasteiger partial charge on any atom is -0.457 e. The fourth-order valence-electron chi connectivity index (χ4n) is 1.87. The van der Waals surface area contributed by atoms with Gasteiger partial charge >= 0.3 is 0 Å². The summed E-state index contributed by atoms with van der Waals surface area (Å²) in [6.07, 6.45) is 0. The number of hydrogen-bond donors (Lipinski definition) is 0. The molecule has 0 saturated heterocycles. The van der Waals surface area contributed by atoms with E-state index in [-0.39, 0.29) is 5.82 Å². The number of hydrogen-bond acceptors (Lipinski definition) is 1. The van der Waals surface area contributed by atoms with E-state index >= 15 is 0 Å². The second-order valence-corrected chi connectivity index (χ2v) is 4.87. The quantitative estimate of drug-likeness (QED) is 0.714. The van der Waals surface area contributed by atoms with Gasteiger partial charge in [0.05, 0.1) is 0 Å². The van der Waals surface area contributed by atoms with Crippen LogP contribution in [0.15, 0.2) is 36.4 Å². The monoisotopic (exact) mass is 308 g/mol. The van der Waals surface area contributed by atoms with Crippen molar-refractivity contribution in [3.63, 3.8) is 0 Å². The molecule has 0 fully saturated rings. The number of aryl methyl sites for hydroxylation is 2. The first-order valence-corrected chi connectivity index (χ1v) is 6.81. The first kappa shape index (κ1) is 13.1. The first-order valence-electron chi connectivity index (χ1n) is 5.69. The van der Waals surface area contributed by atoms with Crippen LogP contribution in [0.25, 0.3) is 0 Å². The number of ether oxygens (including phenoxy) is 1. The van der Waals surface area contributed by atoms with Crippen molar-refractivity contribution in [3.05, 3.63) is 58.9 Å².